The van der Waals surface area contributed by atoms with Gasteiger partial charge in [-0.05, 0) is 5.56 Å². The molecule has 0 fully saturated rings. The minimum Gasteiger partial charge on any atom is -0.427 e. The number of nitro groups is 1. The Morgan fingerprint density at radius 2 is 1.65 bits per heavy atom. The van der Waals surface area contributed by atoms with E-state index in [2.05, 4.69) is 4.99 Å². The fourth-order valence-corrected chi connectivity index (χ4v) is 3.25. The number of hydrogen-bond acceptors (Lipinski definition) is 5. The Balaban J connectivity index is 2.22. The highest BCUT2D eigenvalue weighted by Gasteiger charge is 2.52. The summed E-state index contributed by atoms with van der Waals surface area (Å²) < 4.78 is 5.78. The molecule has 3 rings (SSSR count). The van der Waals surface area contributed by atoms with Crippen molar-refractivity contribution in [3.63, 3.8) is 0 Å². The zero-order valence-corrected chi connectivity index (χ0v) is 14.7. The molecule has 26 heavy (non-hydrogen) atoms. The SMILES string of the molecule is CC(C)C1=N[C@@](c2ccccc2)([C@H](C[N+](=O)[O-])c2ccccc2)OC1=O. The van der Waals surface area contributed by atoms with E-state index in [-0.39, 0.29) is 10.8 Å². The van der Waals surface area contributed by atoms with E-state index in [9.17, 15) is 14.9 Å². The lowest BCUT2D eigenvalue weighted by Crippen LogP contribution is -2.37. The van der Waals surface area contributed by atoms with Crippen LogP contribution in [-0.4, -0.2) is 23.1 Å². The summed E-state index contributed by atoms with van der Waals surface area (Å²) in [6, 6.07) is 18.1. The van der Waals surface area contributed by atoms with Crippen molar-refractivity contribution in [3.05, 3.63) is 81.9 Å². The molecular formula is C20H20N2O4. The summed E-state index contributed by atoms with van der Waals surface area (Å²) in [5, 5.41) is 11.4. The number of cyclic esters (lactones) is 1. The van der Waals surface area contributed by atoms with E-state index in [1.807, 2.05) is 50.2 Å². The molecule has 1 aliphatic heterocycles. The zero-order valence-electron chi connectivity index (χ0n) is 14.7. The molecule has 0 saturated heterocycles. The summed E-state index contributed by atoms with van der Waals surface area (Å²) >= 11 is 0. The summed E-state index contributed by atoms with van der Waals surface area (Å²) in [4.78, 5) is 28.2. The van der Waals surface area contributed by atoms with Crippen molar-refractivity contribution in [2.24, 2.45) is 10.9 Å². The van der Waals surface area contributed by atoms with Crippen LogP contribution in [0.25, 0.3) is 0 Å². The molecule has 0 radical (unpaired) electrons. The van der Waals surface area contributed by atoms with E-state index in [1.54, 1.807) is 24.3 Å². The van der Waals surface area contributed by atoms with Crippen molar-refractivity contribution in [2.45, 2.75) is 25.5 Å². The Hall–Kier alpha value is -3.02. The molecule has 0 unspecified atom stereocenters. The van der Waals surface area contributed by atoms with Crippen LogP contribution < -0.4 is 0 Å². The van der Waals surface area contributed by atoms with Crippen LogP contribution in [-0.2, 0) is 15.3 Å². The molecule has 6 nitrogen and oxygen atoms in total. The molecule has 0 amide bonds. The van der Waals surface area contributed by atoms with Crippen LogP contribution in [0.4, 0.5) is 0 Å². The molecule has 2 atom stereocenters. The molecule has 0 N–H and O–H groups in total. The van der Waals surface area contributed by atoms with E-state index < -0.39 is 24.2 Å². The van der Waals surface area contributed by atoms with Gasteiger partial charge in [0.2, 0.25) is 12.3 Å². The van der Waals surface area contributed by atoms with Crippen LogP contribution in [0.2, 0.25) is 0 Å². The average molecular weight is 352 g/mol. The highest BCUT2D eigenvalue weighted by atomic mass is 16.6. The summed E-state index contributed by atoms with van der Waals surface area (Å²) in [5.74, 6) is -1.39. The minimum atomic E-state index is -1.44. The Morgan fingerprint density at radius 3 is 2.15 bits per heavy atom. The summed E-state index contributed by atoms with van der Waals surface area (Å²) in [7, 11) is 0. The van der Waals surface area contributed by atoms with Crippen molar-refractivity contribution in [1.29, 1.82) is 0 Å². The van der Waals surface area contributed by atoms with Crippen molar-refractivity contribution in [3.8, 4) is 0 Å². The van der Waals surface area contributed by atoms with Crippen molar-refractivity contribution >= 4 is 11.7 Å². The topological polar surface area (TPSA) is 81.8 Å². The van der Waals surface area contributed by atoms with Crippen molar-refractivity contribution < 1.29 is 14.5 Å². The number of esters is 1. The predicted molar refractivity (Wildman–Crippen MR) is 97.5 cm³/mol. The zero-order chi connectivity index (χ0) is 18.7. The largest absolute Gasteiger partial charge is 0.427 e. The second-order valence-electron chi connectivity index (χ2n) is 6.58. The summed E-state index contributed by atoms with van der Waals surface area (Å²) in [6.45, 7) is 3.31. The number of hydrogen-bond donors (Lipinski definition) is 0. The van der Waals surface area contributed by atoms with Gasteiger partial charge in [-0.1, -0.05) is 74.5 Å². The lowest BCUT2D eigenvalue weighted by atomic mass is 9.83. The van der Waals surface area contributed by atoms with Crippen LogP contribution in [0, 0.1) is 16.0 Å². The maximum atomic E-state index is 12.5. The summed E-state index contributed by atoms with van der Waals surface area (Å²) in [5.41, 5.74) is 0.194. The highest BCUT2D eigenvalue weighted by Crippen LogP contribution is 2.45. The van der Waals surface area contributed by atoms with Gasteiger partial charge in [0.1, 0.15) is 11.6 Å². The van der Waals surface area contributed by atoms with Gasteiger partial charge in [-0.2, -0.15) is 0 Å². The van der Waals surface area contributed by atoms with Gasteiger partial charge in [0, 0.05) is 16.4 Å². The number of rotatable bonds is 6. The number of carbonyl (C=O) groups excluding carboxylic acids is 1. The minimum absolute atomic E-state index is 0.139. The first kappa shape index (κ1) is 17.8. The maximum Gasteiger partial charge on any atom is 0.355 e. The van der Waals surface area contributed by atoms with Crippen LogP contribution in [0.15, 0.2) is 65.7 Å². The van der Waals surface area contributed by atoms with Gasteiger partial charge in [-0.25, -0.2) is 9.79 Å². The third-order valence-electron chi connectivity index (χ3n) is 4.48. The Morgan fingerprint density at radius 1 is 1.08 bits per heavy atom. The third-order valence-corrected chi connectivity index (χ3v) is 4.48. The molecule has 134 valence electrons. The average Bonchev–Trinajstić information content (AvgIpc) is 3.00. The van der Waals surface area contributed by atoms with Crippen molar-refractivity contribution in [2.75, 3.05) is 6.54 Å². The second-order valence-corrected chi connectivity index (χ2v) is 6.58. The van der Waals surface area contributed by atoms with E-state index in [0.717, 1.165) is 0 Å². The molecule has 0 aliphatic carbocycles. The molecule has 1 aliphatic rings. The van der Waals surface area contributed by atoms with Gasteiger partial charge in [0.25, 0.3) is 0 Å². The molecule has 0 spiro atoms. The lowest BCUT2D eigenvalue weighted by Gasteiger charge is -2.32. The first-order valence-corrected chi connectivity index (χ1v) is 8.49. The van der Waals surface area contributed by atoms with Crippen molar-refractivity contribution in [1.82, 2.24) is 0 Å². The van der Waals surface area contributed by atoms with Gasteiger partial charge in [-0.3, -0.25) is 10.1 Å². The van der Waals surface area contributed by atoms with Crippen LogP contribution in [0.3, 0.4) is 0 Å². The number of carbonyl (C=O) groups is 1. The van der Waals surface area contributed by atoms with E-state index in [4.69, 9.17) is 4.74 Å². The third kappa shape index (κ3) is 3.22. The van der Waals surface area contributed by atoms with Gasteiger partial charge < -0.3 is 4.74 Å². The quantitative estimate of drug-likeness (QED) is 0.452. The van der Waals surface area contributed by atoms with Crippen LogP contribution >= 0.6 is 0 Å². The second kappa shape index (κ2) is 7.07. The number of ether oxygens (including phenoxy) is 1. The Labute approximate surface area is 151 Å². The Kier molecular flexibility index (Phi) is 4.84. The highest BCUT2D eigenvalue weighted by molar-refractivity contribution is 6.38. The molecule has 6 heteroatoms. The molecule has 2 aromatic rings. The van der Waals surface area contributed by atoms with E-state index in [0.29, 0.717) is 16.8 Å². The molecule has 0 saturated carbocycles. The molecular weight excluding hydrogens is 332 g/mol. The molecule has 1 heterocycles. The van der Waals surface area contributed by atoms with E-state index in [1.165, 1.54) is 0 Å². The fourth-order valence-electron chi connectivity index (χ4n) is 3.25. The van der Waals surface area contributed by atoms with Crippen LogP contribution in [0.1, 0.15) is 30.9 Å². The predicted octanol–water partition coefficient (Wildman–Crippen LogP) is 3.55. The van der Waals surface area contributed by atoms with Gasteiger partial charge in [0.05, 0.1) is 0 Å². The first-order valence-electron chi connectivity index (χ1n) is 8.49. The van der Waals surface area contributed by atoms with Gasteiger partial charge in [-0.15, -0.1) is 0 Å². The molecule has 0 aromatic heterocycles. The summed E-state index contributed by atoms with van der Waals surface area (Å²) in [6.07, 6.45) is 0. The van der Waals surface area contributed by atoms with Gasteiger partial charge >= 0.3 is 5.97 Å². The maximum absolute atomic E-state index is 12.5. The molecule has 0 bridgehead atoms. The van der Waals surface area contributed by atoms with E-state index >= 15 is 0 Å². The number of aliphatic imine (C=N–C) groups is 1. The smallest absolute Gasteiger partial charge is 0.355 e. The number of nitrogens with zero attached hydrogens (tertiary/aromatic N) is 2. The normalized spacial score (nSPS) is 20.6. The Bertz CT molecular complexity index is 833. The standard InChI is InChI=1S/C20H20N2O4/c1-14(2)18-19(23)26-20(21-18,16-11-7-4-8-12-16)17(13-22(24)25)15-9-5-3-6-10-15/h3-12,14,17H,13H2,1-2H3/t17-,20-/m1/s1. The number of benzene rings is 2. The van der Waals surface area contributed by atoms with Crippen LogP contribution in [0.5, 0.6) is 0 Å². The monoisotopic (exact) mass is 352 g/mol. The first-order chi connectivity index (χ1) is 12.4. The lowest BCUT2D eigenvalue weighted by molar-refractivity contribution is -0.487. The fraction of sp³-hybridized carbons (Fsp3) is 0.300. The molecule has 2 aromatic carbocycles. The van der Waals surface area contributed by atoms with Gasteiger partial charge in [0.15, 0.2) is 0 Å².